The molecule has 8 heteroatoms. The molecule has 0 aliphatic carbocycles. The van der Waals surface area contributed by atoms with Crippen molar-refractivity contribution in [3.05, 3.63) is 36.0 Å². The van der Waals surface area contributed by atoms with Crippen molar-refractivity contribution in [1.82, 2.24) is 25.4 Å². The summed E-state index contributed by atoms with van der Waals surface area (Å²) in [5, 5.41) is 15.6. The van der Waals surface area contributed by atoms with Crippen LogP contribution in [0.1, 0.15) is 11.7 Å². The second kappa shape index (κ2) is 5.96. The highest BCUT2D eigenvalue weighted by molar-refractivity contribution is 7.98. The molecule has 0 unspecified atom stereocenters. The number of rotatable bonds is 5. The van der Waals surface area contributed by atoms with Crippen molar-refractivity contribution in [1.29, 1.82) is 0 Å². The van der Waals surface area contributed by atoms with Crippen LogP contribution in [0.15, 0.2) is 33.8 Å². The molecular formula is C13H13N5O2S. The minimum absolute atomic E-state index is 0.468. The van der Waals surface area contributed by atoms with Crippen LogP contribution in [0.3, 0.4) is 0 Å². The highest BCUT2D eigenvalue weighted by Crippen LogP contribution is 2.24. The van der Waals surface area contributed by atoms with Crippen molar-refractivity contribution in [2.45, 2.75) is 17.8 Å². The van der Waals surface area contributed by atoms with Gasteiger partial charge in [0.2, 0.25) is 16.9 Å². The first kappa shape index (κ1) is 13.6. The van der Waals surface area contributed by atoms with E-state index >= 15 is 0 Å². The molecule has 0 amide bonds. The van der Waals surface area contributed by atoms with E-state index in [1.807, 2.05) is 31.2 Å². The molecule has 2 heterocycles. The fraction of sp³-hybridized carbons (Fsp3) is 0.231. The molecule has 0 aliphatic rings. The van der Waals surface area contributed by atoms with E-state index in [1.165, 1.54) is 11.8 Å². The number of thioether (sulfide) groups is 1. The molecule has 0 atom stereocenters. The molecule has 0 spiro atoms. The first-order valence-corrected chi connectivity index (χ1v) is 7.22. The number of benzene rings is 1. The molecule has 2 aromatic heterocycles. The van der Waals surface area contributed by atoms with Gasteiger partial charge in [-0.3, -0.25) is 5.10 Å². The van der Waals surface area contributed by atoms with Crippen LogP contribution < -0.4 is 4.74 Å². The molecule has 21 heavy (non-hydrogen) atoms. The minimum Gasteiger partial charge on any atom is -0.497 e. The standard InChI is InChI=1S/C13H13N5O2S/c1-8-14-13(18-15-8)21-7-11-16-17-12(20-11)9-4-3-5-10(6-9)19-2/h3-6H,7H2,1-2H3,(H,14,15,18). The monoisotopic (exact) mass is 303 g/mol. The summed E-state index contributed by atoms with van der Waals surface area (Å²) in [7, 11) is 1.62. The van der Waals surface area contributed by atoms with E-state index in [0.717, 1.165) is 17.1 Å². The summed E-state index contributed by atoms with van der Waals surface area (Å²) in [6.07, 6.45) is 0. The zero-order valence-electron chi connectivity index (χ0n) is 11.5. The SMILES string of the molecule is COc1cccc(-c2nnc(CSc3n[nH]c(C)n3)o2)c1. The first-order valence-electron chi connectivity index (χ1n) is 6.23. The average molecular weight is 303 g/mol. The Morgan fingerprint density at radius 1 is 1.33 bits per heavy atom. The van der Waals surface area contributed by atoms with E-state index in [1.54, 1.807) is 7.11 Å². The third-order valence-corrected chi connectivity index (χ3v) is 3.52. The van der Waals surface area contributed by atoms with Gasteiger partial charge in [-0.1, -0.05) is 17.8 Å². The number of nitrogens with one attached hydrogen (secondary N) is 1. The van der Waals surface area contributed by atoms with Gasteiger partial charge in [-0.15, -0.1) is 15.3 Å². The largest absolute Gasteiger partial charge is 0.497 e. The number of aryl methyl sites for hydroxylation is 1. The highest BCUT2D eigenvalue weighted by Gasteiger charge is 2.11. The van der Waals surface area contributed by atoms with Gasteiger partial charge in [-0.25, -0.2) is 4.98 Å². The average Bonchev–Trinajstić information content (AvgIpc) is 3.14. The highest BCUT2D eigenvalue weighted by atomic mass is 32.2. The van der Waals surface area contributed by atoms with Gasteiger partial charge in [0, 0.05) is 5.56 Å². The van der Waals surface area contributed by atoms with Gasteiger partial charge < -0.3 is 9.15 Å². The lowest BCUT2D eigenvalue weighted by Gasteiger charge is -2.00. The smallest absolute Gasteiger partial charge is 0.247 e. The molecule has 3 aromatic rings. The fourth-order valence-electron chi connectivity index (χ4n) is 1.70. The predicted octanol–water partition coefficient (Wildman–Crippen LogP) is 2.46. The molecule has 1 N–H and O–H groups in total. The van der Waals surface area contributed by atoms with Crippen molar-refractivity contribution >= 4 is 11.8 Å². The van der Waals surface area contributed by atoms with Crippen LogP contribution in [0, 0.1) is 6.92 Å². The van der Waals surface area contributed by atoms with Gasteiger partial charge in [0.05, 0.1) is 12.9 Å². The molecule has 108 valence electrons. The number of hydrogen-bond donors (Lipinski definition) is 1. The Morgan fingerprint density at radius 2 is 2.24 bits per heavy atom. The number of aromatic nitrogens is 5. The normalized spacial score (nSPS) is 10.8. The van der Waals surface area contributed by atoms with Crippen LogP contribution in [0.5, 0.6) is 5.75 Å². The summed E-state index contributed by atoms with van der Waals surface area (Å²) >= 11 is 1.44. The lowest BCUT2D eigenvalue weighted by Crippen LogP contribution is -1.83. The molecule has 0 fully saturated rings. The Bertz CT molecular complexity index is 740. The number of methoxy groups -OCH3 is 1. The quantitative estimate of drug-likeness (QED) is 0.724. The van der Waals surface area contributed by atoms with E-state index in [-0.39, 0.29) is 0 Å². The number of H-pyrrole nitrogens is 1. The molecule has 7 nitrogen and oxygen atoms in total. The predicted molar refractivity (Wildman–Crippen MR) is 77.0 cm³/mol. The van der Waals surface area contributed by atoms with Crippen molar-refractivity contribution in [3.63, 3.8) is 0 Å². The lowest BCUT2D eigenvalue weighted by atomic mass is 10.2. The Morgan fingerprint density at radius 3 is 3.00 bits per heavy atom. The number of ether oxygens (including phenoxy) is 1. The maximum absolute atomic E-state index is 5.63. The summed E-state index contributed by atoms with van der Waals surface area (Å²) in [6.45, 7) is 1.85. The molecular weight excluding hydrogens is 290 g/mol. The fourth-order valence-corrected chi connectivity index (χ4v) is 2.38. The van der Waals surface area contributed by atoms with Crippen LogP contribution >= 0.6 is 11.8 Å². The van der Waals surface area contributed by atoms with Gasteiger partial charge in [0.1, 0.15) is 11.6 Å². The van der Waals surface area contributed by atoms with Crippen molar-refractivity contribution in [3.8, 4) is 17.2 Å². The Hall–Kier alpha value is -2.35. The zero-order valence-corrected chi connectivity index (χ0v) is 12.3. The number of aromatic amines is 1. The Kier molecular flexibility index (Phi) is 3.87. The van der Waals surface area contributed by atoms with E-state index in [9.17, 15) is 0 Å². The van der Waals surface area contributed by atoms with E-state index in [4.69, 9.17) is 9.15 Å². The first-order chi connectivity index (χ1) is 10.2. The molecule has 1 aromatic carbocycles. The van der Waals surface area contributed by atoms with Crippen molar-refractivity contribution in [2.75, 3.05) is 7.11 Å². The molecule has 0 saturated carbocycles. The van der Waals surface area contributed by atoms with Crippen LogP contribution in [0.2, 0.25) is 0 Å². The summed E-state index contributed by atoms with van der Waals surface area (Å²) in [6, 6.07) is 7.49. The molecule has 0 saturated heterocycles. The summed E-state index contributed by atoms with van der Waals surface area (Å²) in [4.78, 5) is 4.20. The second-order valence-corrected chi connectivity index (χ2v) is 5.17. The molecule has 0 bridgehead atoms. The minimum atomic E-state index is 0.468. The third kappa shape index (κ3) is 3.22. The zero-order chi connectivity index (χ0) is 14.7. The van der Waals surface area contributed by atoms with Crippen molar-refractivity contribution < 1.29 is 9.15 Å². The third-order valence-electron chi connectivity index (χ3n) is 2.68. The topological polar surface area (TPSA) is 89.7 Å². The number of hydrogen-bond acceptors (Lipinski definition) is 7. The van der Waals surface area contributed by atoms with Gasteiger partial charge in [-0.05, 0) is 25.1 Å². The maximum Gasteiger partial charge on any atom is 0.247 e. The van der Waals surface area contributed by atoms with E-state index < -0.39 is 0 Å². The van der Waals surface area contributed by atoms with Gasteiger partial charge in [0.25, 0.3) is 0 Å². The number of nitrogens with zero attached hydrogens (tertiary/aromatic N) is 4. The van der Waals surface area contributed by atoms with Crippen molar-refractivity contribution in [2.24, 2.45) is 0 Å². The Balaban J connectivity index is 1.70. The van der Waals surface area contributed by atoms with Gasteiger partial charge >= 0.3 is 0 Å². The molecule has 3 rings (SSSR count). The van der Waals surface area contributed by atoms with E-state index in [2.05, 4.69) is 25.4 Å². The lowest BCUT2D eigenvalue weighted by molar-refractivity contribution is 0.414. The van der Waals surface area contributed by atoms with Crippen LogP contribution in [0.4, 0.5) is 0 Å². The van der Waals surface area contributed by atoms with Crippen LogP contribution in [-0.4, -0.2) is 32.5 Å². The summed E-state index contributed by atoms with van der Waals surface area (Å²) < 4.78 is 10.8. The van der Waals surface area contributed by atoms with E-state index in [0.29, 0.717) is 22.7 Å². The maximum atomic E-state index is 5.63. The second-order valence-electron chi connectivity index (χ2n) is 4.22. The summed E-state index contributed by atoms with van der Waals surface area (Å²) in [5.41, 5.74) is 0.826. The summed E-state index contributed by atoms with van der Waals surface area (Å²) in [5.74, 6) is 3.04. The van der Waals surface area contributed by atoms with Crippen LogP contribution in [0.25, 0.3) is 11.5 Å². The molecule has 0 aliphatic heterocycles. The van der Waals surface area contributed by atoms with Gasteiger partial charge in [0.15, 0.2) is 0 Å². The molecule has 0 radical (unpaired) electrons. The Labute approximate surface area is 125 Å². The van der Waals surface area contributed by atoms with Gasteiger partial charge in [-0.2, -0.15) is 0 Å². The van der Waals surface area contributed by atoms with Crippen LogP contribution in [-0.2, 0) is 5.75 Å².